The van der Waals surface area contributed by atoms with Crippen molar-refractivity contribution in [2.45, 2.75) is 111 Å². The Morgan fingerprint density at radius 1 is 0.821 bits per heavy atom. The fraction of sp³-hybridized carbons (Fsp3) is 0.914. The second kappa shape index (κ2) is 9.32. The molecule has 6 fully saturated rings. The van der Waals surface area contributed by atoms with Gasteiger partial charge < -0.3 is 15.1 Å². The second-order valence-corrected chi connectivity index (χ2v) is 16.7. The minimum atomic E-state index is -0.151. The third kappa shape index (κ3) is 3.85. The summed E-state index contributed by atoms with van der Waals surface area (Å²) in [5, 5.41) is 3.96. The fourth-order valence-corrected chi connectivity index (χ4v) is 12.7. The van der Waals surface area contributed by atoms with E-state index in [1.54, 1.807) is 0 Å². The summed E-state index contributed by atoms with van der Waals surface area (Å²) in [6.45, 7) is 25.0. The van der Waals surface area contributed by atoms with Crippen molar-refractivity contribution in [2.75, 3.05) is 39.8 Å². The molecule has 0 aromatic rings. The molecule has 220 valence electrons. The Morgan fingerprint density at radius 3 is 2.23 bits per heavy atom. The molecule has 6 aliphatic rings. The zero-order valence-corrected chi connectivity index (χ0v) is 26.5. The van der Waals surface area contributed by atoms with Crippen LogP contribution >= 0.6 is 0 Å². The van der Waals surface area contributed by atoms with Gasteiger partial charge in [-0.1, -0.05) is 32.9 Å². The van der Waals surface area contributed by atoms with Gasteiger partial charge in [-0.05, 0) is 144 Å². The molecule has 4 aliphatic carbocycles. The largest absolute Gasteiger partial charge is 0.340 e. The highest BCUT2D eigenvalue weighted by atomic mass is 16.2. The van der Waals surface area contributed by atoms with E-state index < -0.39 is 0 Å². The number of piperazine rings is 1. The number of nitrogens with one attached hydrogen (secondary N) is 1. The van der Waals surface area contributed by atoms with Gasteiger partial charge in [0.1, 0.15) is 0 Å². The number of nitrogens with zero attached hydrogens (tertiary/aromatic N) is 2. The van der Waals surface area contributed by atoms with Gasteiger partial charge in [-0.25, -0.2) is 0 Å². The smallest absolute Gasteiger partial charge is 0.229 e. The van der Waals surface area contributed by atoms with Gasteiger partial charge in [-0.2, -0.15) is 0 Å². The van der Waals surface area contributed by atoms with E-state index in [1.165, 1.54) is 63.5 Å². The van der Waals surface area contributed by atoms with Crippen molar-refractivity contribution in [3.05, 3.63) is 12.2 Å². The summed E-state index contributed by atoms with van der Waals surface area (Å²) < 4.78 is 0. The summed E-state index contributed by atoms with van der Waals surface area (Å²) >= 11 is 0. The van der Waals surface area contributed by atoms with Crippen LogP contribution in [0.5, 0.6) is 0 Å². The van der Waals surface area contributed by atoms with Crippen molar-refractivity contribution >= 4 is 5.91 Å². The molecular weight excluding hydrogens is 478 g/mol. The molecule has 1 amide bonds. The van der Waals surface area contributed by atoms with E-state index in [4.69, 9.17) is 0 Å². The van der Waals surface area contributed by atoms with Gasteiger partial charge >= 0.3 is 0 Å². The Morgan fingerprint density at radius 2 is 1.54 bits per heavy atom. The Labute approximate surface area is 240 Å². The Kier molecular flexibility index (Phi) is 6.75. The number of likely N-dealkylation sites (N-methyl/N-ethyl adjacent to an activating group) is 1. The number of hydrogen-bond acceptors (Lipinski definition) is 3. The van der Waals surface area contributed by atoms with Crippen LogP contribution in [0.25, 0.3) is 0 Å². The predicted octanol–water partition coefficient (Wildman–Crippen LogP) is 6.76. The number of carbonyl (C=O) groups excluding carboxylic acids is 1. The first-order valence-corrected chi connectivity index (χ1v) is 16.7. The molecule has 2 aliphatic heterocycles. The van der Waals surface area contributed by atoms with Crippen molar-refractivity contribution < 1.29 is 4.79 Å². The number of carbonyl (C=O) groups is 1. The molecule has 0 aromatic carbocycles. The number of amides is 1. The summed E-state index contributed by atoms with van der Waals surface area (Å²) in [5.41, 5.74) is 2.48. The molecule has 1 N–H and O–H groups in total. The molecule has 2 saturated heterocycles. The van der Waals surface area contributed by atoms with Crippen molar-refractivity contribution in [2.24, 2.45) is 51.2 Å². The molecular formula is C35H59N3O. The highest BCUT2D eigenvalue weighted by Gasteiger charge is 2.71. The van der Waals surface area contributed by atoms with Gasteiger partial charge in [0, 0.05) is 31.7 Å². The first-order valence-electron chi connectivity index (χ1n) is 16.7. The van der Waals surface area contributed by atoms with E-state index in [0.29, 0.717) is 39.9 Å². The van der Waals surface area contributed by atoms with Gasteiger partial charge in [-0.15, -0.1) is 0 Å². The summed E-state index contributed by atoms with van der Waals surface area (Å²) in [6, 6.07) is 0. The fourth-order valence-electron chi connectivity index (χ4n) is 12.7. The average molecular weight is 538 g/mol. The lowest BCUT2D eigenvalue weighted by molar-refractivity contribution is -0.225. The molecule has 0 spiro atoms. The Hall–Kier alpha value is -0.870. The van der Waals surface area contributed by atoms with E-state index in [0.717, 1.165) is 50.9 Å². The summed E-state index contributed by atoms with van der Waals surface area (Å²) in [7, 11) is 2.20. The maximum Gasteiger partial charge on any atom is 0.229 e. The monoisotopic (exact) mass is 537 g/mol. The molecule has 6 rings (SSSR count). The molecule has 0 bridgehead atoms. The maximum absolute atomic E-state index is 14.6. The van der Waals surface area contributed by atoms with E-state index in [2.05, 4.69) is 70.3 Å². The van der Waals surface area contributed by atoms with Crippen LogP contribution in [-0.2, 0) is 4.79 Å². The maximum atomic E-state index is 14.6. The van der Waals surface area contributed by atoms with Crippen LogP contribution in [0.4, 0.5) is 0 Å². The highest BCUT2D eigenvalue weighted by molar-refractivity contribution is 5.84. The standard InChI is InChI=1S/C35H59N3O/c1-24(2)25-12-16-35(30(39)38-22-20-37(8)21-23-38)18-17-33(6)26(29(25)35)10-11-28-32(5)14-9-19-36-31(3,4)27(32)13-15-34(28,33)7/h25-29,36H,1,9-23H2,2-8H3/t25-,26+,27-,28+,29+,32-,33+,34+,35-/m0/s1. The molecule has 4 saturated carbocycles. The van der Waals surface area contributed by atoms with Crippen molar-refractivity contribution in [1.29, 1.82) is 0 Å². The minimum Gasteiger partial charge on any atom is -0.340 e. The van der Waals surface area contributed by atoms with Crippen LogP contribution in [0.3, 0.4) is 0 Å². The Bertz CT molecular complexity index is 998. The number of hydrogen-bond donors (Lipinski definition) is 1. The molecule has 4 nitrogen and oxygen atoms in total. The minimum absolute atomic E-state index is 0.151. The lowest BCUT2D eigenvalue weighted by Crippen LogP contribution is -2.67. The van der Waals surface area contributed by atoms with Crippen molar-refractivity contribution in [1.82, 2.24) is 15.1 Å². The zero-order chi connectivity index (χ0) is 28.0. The van der Waals surface area contributed by atoms with E-state index in [9.17, 15) is 4.79 Å². The average Bonchev–Trinajstić information content (AvgIpc) is 3.23. The molecule has 0 unspecified atom stereocenters. The summed E-state index contributed by atoms with van der Waals surface area (Å²) in [5.74, 6) is 3.70. The lowest BCUT2D eigenvalue weighted by Gasteiger charge is -2.71. The quantitative estimate of drug-likeness (QED) is 0.395. The molecule has 2 heterocycles. The third-order valence-electron chi connectivity index (χ3n) is 14.9. The predicted molar refractivity (Wildman–Crippen MR) is 161 cm³/mol. The highest BCUT2D eigenvalue weighted by Crippen LogP contribution is 2.76. The summed E-state index contributed by atoms with van der Waals surface area (Å²) in [4.78, 5) is 19.2. The molecule has 39 heavy (non-hydrogen) atoms. The molecule has 0 radical (unpaired) electrons. The SMILES string of the molecule is C=C(C)[C@@H]1CC[C@]2(C(=O)N3CCN(C)CC3)CC[C@]3(C)[C@H](CC[C@@H]4[C@@]5(C)CCCNC(C)(C)[C@@H]5CC[C@]43C)[C@@H]12. The zero-order valence-electron chi connectivity index (χ0n) is 26.5. The molecule has 0 aromatic heterocycles. The van der Waals surface area contributed by atoms with Crippen LogP contribution in [0, 0.1) is 51.2 Å². The van der Waals surface area contributed by atoms with Crippen LogP contribution < -0.4 is 5.32 Å². The van der Waals surface area contributed by atoms with E-state index >= 15 is 0 Å². The van der Waals surface area contributed by atoms with Crippen LogP contribution in [0.15, 0.2) is 12.2 Å². The van der Waals surface area contributed by atoms with Crippen molar-refractivity contribution in [3.63, 3.8) is 0 Å². The molecule has 4 heteroatoms. The van der Waals surface area contributed by atoms with Crippen LogP contribution in [0.2, 0.25) is 0 Å². The van der Waals surface area contributed by atoms with Crippen LogP contribution in [-0.4, -0.2) is 61.0 Å². The third-order valence-corrected chi connectivity index (χ3v) is 14.9. The number of fused-ring (bicyclic) bond motifs is 7. The van der Waals surface area contributed by atoms with E-state index in [-0.39, 0.29) is 11.0 Å². The second-order valence-electron chi connectivity index (χ2n) is 16.7. The van der Waals surface area contributed by atoms with Crippen LogP contribution in [0.1, 0.15) is 106 Å². The van der Waals surface area contributed by atoms with Gasteiger partial charge in [-0.3, -0.25) is 4.79 Å². The molecule has 9 atom stereocenters. The van der Waals surface area contributed by atoms with Crippen molar-refractivity contribution in [3.8, 4) is 0 Å². The topological polar surface area (TPSA) is 35.6 Å². The lowest BCUT2D eigenvalue weighted by atomic mass is 9.33. The normalized spacial score (nSPS) is 49.7. The first kappa shape index (κ1) is 28.3. The number of allylic oxidation sites excluding steroid dienone is 1. The van der Waals surface area contributed by atoms with Gasteiger partial charge in [0.15, 0.2) is 0 Å². The van der Waals surface area contributed by atoms with Gasteiger partial charge in [0.05, 0.1) is 5.41 Å². The first-order chi connectivity index (χ1) is 18.3. The summed E-state index contributed by atoms with van der Waals surface area (Å²) in [6.07, 6.45) is 12.7. The van der Waals surface area contributed by atoms with Gasteiger partial charge in [0.25, 0.3) is 0 Å². The van der Waals surface area contributed by atoms with Gasteiger partial charge in [0.2, 0.25) is 5.91 Å². The number of rotatable bonds is 2. The van der Waals surface area contributed by atoms with E-state index in [1.807, 2.05) is 0 Å². The Balaban J connectivity index is 1.37.